The molecule has 0 saturated carbocycles. The van der Waals surface area contributed by atoms with Gasteiger partial charge in [-0.05, 0) is 29.8 Å². The molecular weight excluding hydrogens is 304 g/mol. The highest BCUT2D eigenvalue weighted by Gasteiger charge is 2.05. The molecule has 0 aliphatic heterocycles. The van der Waals surface area contributed by atoms with Crippen molar-refractivity contribution < 1.29 is 14.6 Å². The van der Waals surface area contributed by atoms with Crippen molar-refractivity contribution >= 4 is 5.97 Å². The van der Waals surface area contributed by atoms with Crippen LogP contribution in [-0.4, -0.2) is 27.2 Å². The quantitative estimate of drug-likeness (QED) is 0.725. The molecule has 0 fully saturated rings. The highest BCUT2D eigenvalue weighted by Crippen LogP contribution is 2.13. The monoisotopic (exact) mass is 322 g/mol. The molecule has 24 heavy (non-hydrogen) atoms. The van der Waals surface area contributed by atoms with Crippen LogP contribution in [0.25, 0.3) is 0 Å². The lowest BCUT2D eigenvalue weighted by atomic mass is 10.2. The molecule has 0 aliphatic carbocycles. The number of aromatic carboxylic acids is 1. The second kappa shape index (κ2) is 7.46. The van der Waals surface area contributed by atoms with Crippen molar-refractivity contribution in [1.29, 1.82) is 0 Å². The Kier molecular flexibility index (Phi) is 4.91. The number of carboxylic acid groups (broad SMARTS) is 1. The first-order chi connectivity index (χ1) is 11.7. The Labute approximate surface area is 140 Å². The molecular formula is C19H18N2O3. The van der Waals surface area contributed by atoms with Crippen molar-refractivity contribution in [2.45, 2.75) is 13.0 Å². The first-order valence-electron chi connectivity index (χ1n) is 7.71. The number of hydrogen-bond donors (Lipinski definition) is 1. The van der Waals surface area contributed by atoms with Crippen LogP contribution in [0.1, 0.15) is 21.6 Å². The molecule has 122 valence electrons. The van der Waals surface area contributed by atoms with Crippen LogP contribution in [0.5, 0.6) is 5.75 Å². The molecule has 0 amide bonds. The fourth-order valence-corrected chi connectivity index (χ4v) is 2.45. The molecule has 5 heteroatoms. The topological polar surface area (TPSA) is 64.3 Å². The third-order valence-corrected chi connectivity index (χ3v) is 3.72. The van der Waals surface area contributed by atoms with E-state index >= 15 is 0 Å². The van der Waals surface area contributed by atoms with Crippen LogP contribution < -0.4 is 4.74 Å². The third kappa shape index (κ3) is 4.01. The lowest BCUT2D eigenvalue weighted by Crippen LogP contribution is -2.08. The van der Waals surface area contributed by atoms with E-state index in [4.69, 9.17) is 9.84 Å². The molecule has 0 spiro atoms. The average molecular weight is 322 g/mol. The van der Waals surface area contributed by atoms with Gasteiger partial charge in [0.05, 0.1) is 18.5 Å². The Hall–Kier alpha value is -3.08. The molecule has 0 aliphatic rings. The average Bonchev–Trinajstić information content (AvgIpc) is 3.03. The lowest BCUT2D eigenvalue weighted by molar-refractivity contribution is 0.0697. The van der Waals surface area contributed by atoms with Gasteiger partial charge in [-0.15, -0.1) is 0 Å². The van der Waals surface area contributed by atoms with Crippen LogP contribution in [-0.2, 0) is 13.0 Å². The minimum absolute atomic E-state index is 0.253. The van der Waals surface area contributed by atoms with Crippen molar-refractivity contribution in [3.05, 3.63) is 83.9 Å². The Bertz CT molecular complexity index is 795. The molecule has 3 rings (SSSR count). The van der Waals surface area contributed by atoms with Crippen molar-refractivity contribution in [3.63, 3.8) is 0 Å². The number of benzene rings is 2. The molecule has 1 N–H and O–H groups in total. The summed E-state index contributed by atoms with van der Waals surface area (Å²) in [6, 6.07) is 16.6. The number of carbonyl (C=O) groups is 1. The molecule has 0 radical (unpaired) electrons. The van der Waals surface area contributed by atoms with Gasteiger partial charge < -0.3 is 14.4 Å². The van der Waals surface area contributed by atoms with Crippen LogP contribution in [0.2, 0.25) is 0 Å². The molecule has 2 aromatic carbocycles. The van der Waals surface area contributed by atoms with E-state index in [-0.39, 0.29) is 5.56 Å². The second-order valence-corrected chi connectivity index (χ2v) is 5.43. The van der Waals surface area contributed by atoms with Gasteiger partial charge in [0.1, 0.15) is 5.75 Å². The summed E-state index contributed by atoms with van der Waals surface area (Å²) in [6.45, 7) is 1.29. The van der Waals surface area contributed by atoms with Gasteiger partial charge in [0, 0.05) is 24.9 Å². The SMILES string of the molecule is O=C(O)c1ccc(OCCc2cncn2Cc2ccccc2)cc1. The summed E-state index contributed by atoms with van der Waals surface area (Å²) in [4.78, 5) is 15.0. The summed E-state index contributed by atoms with van der Waals surface area (Å²) in [6.07, 6.45) is 4.40. The smallest absolute Gasteiger partial charge is 0.335 e. The van der Waals surface area contributed by atoms with Crippen molar-refractivity contribution in [2.75, 3.05) is 6.61 Å². The summed E-state index contributed by atoms with van der Waals surface area (Å²) >= 11 is 0. The second-order valence-electron chi connectivity index (χ2n) is 5.43. The van der Waals surface area contributed by atoms with Gasteiger partial charge in [0.2, 0.25) is 0 Å². The van der Waals surface area contributed by atoms with E-state index in [1.54, 1.807) is 12.1 Å². The fraction of sp³-hybridized carbons (Fsp3) is 0.158. The highest BCUT2D eigenvalue weighted by atomic mass is 16.5. The van der Waals surface area contributed by atoms with Crippen molar-refractivity contribution in [1.82, 2.24) is 9.55 Å². The van der Waals surface area contributed by atoms with Gasteiger partial charge >= 0.3 is 5.97 Å². The molecule has 1 aromatic heterocycles. The zero-order chi connectivity index (χ0) is 16.8. The summed E-state index contributed by atoms with van der Waals surface area (Å²) in [5, 5.41) is 8.88. The molecule has 0 atom stereocenters. The standard InChI is InChI=1S/C19H18N2O3/c22-19(23)16-6-8-18(9-7-16)24-11-10-17-12-20-14-21(17)13-15-4-2-1-3-5-15/h1-9,12,14H,10-11,13H2,(H,22,23). The zero-order valence-corrected chi connectivity index (χ0v) is 13.1. The van der Waals surface area contributed by atoms with Crippen molar-refractivity contribution in [2.24, 2.45) is 0 Å². The van der Waals surface area contributed by atoms with E-state index in [2.05, 4.69) is 21.7 Å². The highest BCUT2D eigenvalue weighted by molar-refractivity contribution is 5.87. The van der Waals surface area contributed by atoms with Crippen LogP contribution >= 0.6 is 0 Å². The molecule has 0 saturated heterocycles. The number of aromatic nitrogens is 2. The predicted molar refractivity (Wildman–Crippen MR) is 90.4 cm³/mol. The summed E-state index contributed by atoms with van der Waals surface area (Å²) < 4.78 is 7.79. The maximum absolute atomic E-state index is 10.8. The number of rotatable bonds is 7. The maximum Gasteiger partial charge on any atom is 0.335 e. The normalized spacial score (nSPS) is 10.5. The number of nitrogens with zero attached hydrogens (tertiary/aromatic N) is 2. The third-order valence-electron chi connectivity index (χ3n) is 3.72. The van der Waals surface area contributed by atoms with Gasteiger partial charge in [-0.1, -0.05) is 30.3 Å². The summed E-state index contributed by atoms with van der Waals surface area (Å²) in [5.41, 5.74) is 2.58. The molecule has 5 nitrogen and oxygen atoms in total. The first kappa shape index (κ1) is 15.8. The first-order valence-corrected chi connectivity index (χ1v) is 7.71. The van der Waals surface area contributed by atoms with E-state index in [1.807, 2.05) is 30.7 Å². The van der Waals surface area contributed by atoms with E-state index in [9.17, 15) is 4.79 Å². The fourth-order valence-electron chi connectivity index (χ4n) is 2.45. The van der Waals surface area contributed by atoms with E-state index < -0.39 is 5.97 Å². The minimum atomic E-state index is -0.939. The molecule has 3 aromatic rings. The van der Waals surface area contributed by atoms with Gasteiger partial charge in [-0.3, -0.25) is 0 Å². The number of ether oxygens (including phenoxy) is 1. The van der Waals surface area contributed by atoms with Crippen LogP contribution in [0.3, 0.4) is 0 Å². The van der Waals surface area contributed by atoms with Crippen LogP contribution in [0.15, 0.2) is 67.1 Å². The Morgan fingerprint density at radius 3 is 2.54 bits per heavy atom. The van der Waals surface area contributed by atoms with Gasteiger partial charge in [0.15, 0.2) is 0 Å². The Morgan fingerprint density at radius 1 is 1.08 bits per heavy atom. The largest absolute Gasteiger partial charge is 0.493 e. The number of hydrogen-bond acceptors (Lipinski definition) is 3. The Balaban J connectivity index is 1.56. The zero-order valence-electron chi connectivity index (χ0n) is 13.1. The van der Waals surface area contributed by atoms with Crippen molar-refractivity contribution in [3.8, 4) is 5.75 Å². The lowest BCUT2D eigenvalue weighted by Gasteiger charge is -2.10. The number of imidazole rings is 1. The van der Waals surface area contributed by atoms with E-state index in [1.165, 1.54) is 17.7 Å². The van der Waals surface area contributed by atoms with Crippen LogP contribution in [0, 0.1) is 0 Å². The van der Waals surface area contributed by atoms with Crippen LogP contribution in [0.4, 0.5) is 0 Å². The molecule has 1 heterocycles. The minimum Gasteiger partial charge on any atom is -0.493 e. The summed E-state index contributed by atoms with van der Waals surface area (Å²) in [7, 11) is 0. The van der Waals surface area contributed by atoms with Gasteiger partial charge in [-0.2, -0.15) is 0 Å². The maximum atomic E-state index is 10.8. The predicted octanol–water partition coefficient (Wildman–Crippen LogP) is 3.25. The summed E-state index contributed by atoms with van der Waals surface area (Å²) in [5.74, 6) is -0.277. The van der Waals surface area contributed by atoms with Gasteiger partial charge in [0.25, 0.3) is 0 Å². The van der Waals surface area contributed by atoms with Gasteiger partial charge in [-0.25, -0.2) is 9.78 Å². The molecule has 0 bridgehead atoms. The number of carboxylic acids is 1. The molecule has 0 unspecified atom stereocenters. The van der Waals surface area contributed by atoms with E-state index in [0.717, 1.165) is 18.7 Å². The Morgan fingerprint density at radius 2 is 1.83 bits per heavy atom. The van der Waals surface area contributed by atoms with E-state index in [0.29, 0.717) is 12.4 Å².